The first-order valence-electron chi connectivity index (χ1n) is 5.99. The Morgan fingerprint density at radius 3 is 2.52 bits per heavy atom. The van der Waals surface area contributed by atoms with Crippen molar-refractivity contribution in [2.45, 2.75) is 25.3 Å². The molecule has 0 saturated carbocycles. The minimum absolute atomic E-state index is 0.230. The van der Waals surface area contributed by atoms with Crippen LogP contribution >= 0.6 is 0 Å². The Morgan fingerprint density at radius 1 is 1.33 bits per heavy atom. The summed E-state index contributed by atoms with van der Waals surface area (Å²) in [5.41, 5.74) is 5.89. The maximum absolute atomic E-state index is 14.1. The van der Waals surface area contributed by atoms with Crippen molar-refractivity contribution in [1.82, 2.24) is 10.2 Å². The summed E-state index contributed by atoms with van der Waals surface area (Å²) in [5.74, 6) is -2.08. The second-order valence-corrected chi connectivity index (χ2v) is 6.11. The maximum Gasteiger partial charge on any atom is 0.264 e. The van der Waals surface area contributed by atoms with E-state index in [4.69, 9.17) is 5.73 Å². The van der Waals surface area contributed by atoms with Crippen LogP contribution in [0.15, 0.2) is 17.0 Å². The van der Waals surface area contributed by atoms with Gasteiger partial charge in [0.1, 0.15) is 10.7 Å². The van der Waals surface area contributed by atoms with Crippen LogP contribution in [0.25, 0.3) is 0 Å². The summed E-state index contributed by atoms with van der Waals surface area (Å²) in [4.78, 5) is -0.663. The molecular formula is C12H14F2N4O2S. The van der Waals surface area contributed by atoms with Gasteiger partial charge in [-0.1, -0.05) is 0 Å². The van der Waals surface area contributed by atoms with Crippen molar-refractivity contribution in [3.8, 4) is 0 Å². The molecule has 0 fully saturated rings. The standard InChI is InChI=1S/C12H14F2N4O2S/c1-6-12(7(2)17-16-6)18-21(19,20)10-4-3-9(13)8(5-15)11(10)14/h3-4,18H,5,15H2,1-2H3,(H,16,17). The SMILES string of the molecule is Cc1n[nH]c(C)c1NS(=O)(=O)c1ccc(F)c(CN)c1F. The number of aryl methyl sites for hydroxylation is 2. The van der Waals surface area contributed by atoms with Crippen LogP contribution < -0.4 is 10.5 Å². The number of nitrogens with zero attached hydrogens (tertiary/aromatic N) is 1. The van der Waals surface area contributed by atoms with Gasteiger partial charge in [0.2, 0.25) is 0 Å². The predicted octanol–water partition coefficient (Wildman–Crippen LogP) is 1.56. The molecule has 21 heavy (non-hydrogen) atoms. The van der Waals surface area contributed by atoms with Gasteiger partial charge < -0.3 is 5.73 Å². The van der Waals surface area contributed by atoms with Crippen LogP contribution in [0.1, 0.15) is 17.0 Å². The van der Waals surface area contributed by atoms with E-state index in [1.54, 1.807) is 13.8 Å². The van der Waals surface area contributed by atoms with Crippen molar-refractivity contribution in [2.75, 3.05) is 4.72 Å². The van der Waals surface area contributed by atoms with Crippen LogP contribution in [0.3, 0.4) is 0 Å². The monoisotopic (exact) mass is 316 g/mol. The maximum atomic E-state index is 14.1. The quantitative estimate of drug-likeness (QED) is 0.797. The fraction of sp³-hybridized carbons (Fsp3) is 0.250. The van der Waals surface area contributed by atoms with Crippen LogP contribution in [-0.2, 0) is 16.6 Å². The zero-order valence-corrected chi connectivity index (χ0v) is 12.2. The Bertz CT molecular complexity index is 767. The Balaban J connectivity index is 2.51. The molecule has 0 saturated heterocycles. The zero-order chi connectivity index (χ0) is 15.8. The Kier molecular flexibility index (Phi) is 3.97. The number of H-pyrrole nitrogens is 1. The molecular weight excluding hydrogens is 302 g/mol. The first kappa shape index (κ1) is 15.4. The van der Waals surface area contributed by atoms with Crippen molar-refractivity contribution < 1.29 is 17.2 Å². The molecule has 1 aromatic carbocycles. The summed E-state index contributed by atoms with van der Waals surface area (Å²) in [5, 5.41) is 6.45. The van der Waals surface area contributed by atoms with Gasteiger partial charge in [-0.2, -0.15) is 5.10 Å². The number of nitrogens with two attached hydrogens (primary N) is 1. The van der Waals surface area contributed by atoms with E-state index in [0.29, 0.717) is 11.4 Å². The Labute approximate surface area is 120 Å². The highest BCUT2D eigenvalue weighted by Gasteiger charge is 2.24. The fourth-order valence-electron chi connectivity index (χ4n) is 1.86. The topological polar surface area (TPSA) is 101 Å². The number of aromatic nitrogens is 2. The van der Waals surface area contributed by atoms with Gasteiger partial charge in [0.25, 0.3) is 10.0 Å². The summed E-state index contributed by atoms with van der Waals surface area (Å²) in [7, 11) is -4.22. The number of halogens is 2. The lowest BCUT2D eigenvalue weighted by molar-refractivity contribution is 0.530. The Morgan fingerprint density at radius 2 is 2.00 bits per heavy atom. The molecule has 1 heterocycles. The molecule has 0 amide bonds. The minimum atomic E-state index is -4.22. The fourth-order valence-corrected chi connectivity index (χ4v) is 3.15. The van der Waals surface area contributed by atoms with Crippen LogP contribution in [0.5, 0.6) is 0 Å². The van der Waals surface area contributed by atoms with E-state index in [2.05, 4.69) is 14.9 Å². The van der Waals surface area contributed by atoms with E-state index in [1.165, 1.54) is 0 Å². The predicted molar refractivity (Wildman–Crippen MR) is 73.1 cm³/mol. The smallest absolute Gasteiger partial charge is 0.264 e. The number of rotatable bonds is 4. The third kappa shape index (κ3) is 2.74. The average Bonchev–Trinajstić information content (AvgIpc) is 2.70. The highest BCUT2D eigenvalue weighted by Crippen LogP contribution is 2.25. The molecule has 0 radical (unpaired) electrons. The largest absolute Gasteiger partial charge is 0.326 e. The number of sulfonamides is 1. The first-order valence-corrected chi connectivity index (χ1v) is 7.47. The van der Waals surface area contributed by atoms with Crippen molar-refractivity contribution >= 4 is 15.7 Å². The van der Waals surface area contributed by atoms with Gasteiger partial charge >= 0.3 is 0 Å². The van der Waals surface area contributed by atoms with Crippen LogP contribution in [-0.4, -0.2) is 18.6 Å². The second-order valence-electron chi connectivity index (χ2n) is 4.46. The lowest BCUT2D eigenvalue weighted by atomic mass is 10.2. The number of nitrogens with one attached hydrogen (secondary N) is 2. The third-order valence-electron chi connectivity index (χ3n) is 3.01. The molecule has 0 aliphatic heterocycles. The summed E-state index contributed by atoms with van der Waals surface area (Å²) in [6.07, 6.45) is 0. The number of aromatic amines is 1. The summed E-state index contributed by atoms with van der Waals surface area (Å²) in [6.45, 7) is 2.77. The number of benzene rings is 1. The summed E-state index contributed by atoms with van der Waals surface area (Å²) >= 11 is 0. The molecule has 4 N–H and O–H groups in total. The van der Waals surface area contributed by atoms with Gasteiger partial charge in [0.15, 0.2) is 5.82 Å². The van der Waals surface area contributed by atoms with Gasteiger partial charge in [-0.25, -0.2) is 17.2 Å². The summed E-state index contributed by atoms with van der Waals surface area (Å²) in [6, 6.07) is 1.73. The highest BCUT2D eigenvalue weighted by atomic mass is 32.2. The van der Waals surface area contributed by atoms with Crippen LogP contribution in [0.2, 0.25) is 0 Å². The molecule has 0 spiro atoms. The van der Waals surface area contributed by atoms with Crippen molar-refractivity contribution in [1.29, 1.82) is 0 Å². The van der Waals surface area contributed by atoms with E-state index in [1.807, 2.05) is 0 Å². The highest BCUT2D eigenvalue weighted by molar-refractivity contribution is 7.92. The van der Waals surface area contributed by atoms with Gasteiger partial charge in [0, 0.05) is 12.1 Å². The molecule has 0 unspecified atom stereocenters. The molecule has 0 aliphatic carbocycles. The zero-order valence-electron chi connectivity index (χ0n) is 11.4. The van der Waals surface area contributed by atoms with Crippen LogP contribution in [0, 0.1) is 25.5 Å². The molecule has 9 heteroatoms. The molecule has 0 atom stereocenters. The van der Waals surface area contributed by atoms with Gasteiger partial charge in [-0.3, -0.25) is 9.82 Å². The van der Waals surface area contributed by atoms with Crippen LogP contribution in [0.4, 0.5) is 14.5 Å². The average molecular weight is 316 g/mol. The third-order valence-corrected chi connectivity index (χ3v) is 4.38. The van der Waals surface area contributed by atoms with E-state index >= 15 is 0 Å². The van der Waals surface area contributed by atoms with Crippen molar-refractivity contribution in [2.24, 2.45) is 5.73 Å². The lowest BCUT2D eigenvalue weighted by Crippen LogP contribution is -2.17. The minimum Gasteiger partial charge on any atom is -0.326 e. The Hall–Kier alpha value is -2.00. The van der Waals surface area contributed by atoms with E-state index < -0.39 is 38.7 Å². The van der Waals surface area contributed by atoms with Gasteiger partial charge in [-0.15, -0.1) is 0 Å². The van der Waals surface area contributed by atoms with E-state index in [9.17, 15) is 17.2 Å². The molecule has 2 rings (SSSR count). The van der Waals surface area contributed by atoms with Crippen molar-refractivity contribution in [3.63, 3.8) is 0 Å². The first-order chi connectivity index (χ1) is 9.77. The number of hydrogen-bond acceptors (Lipinski definition) is 4. The van der Waals surface area contributed by atoms with E-state index in [-0.39, 0.29) is 5.69 Å². The second kappa shape index (κ2) is 5.41. The molecule has 2 aromatic rings. The number of anilines is 1. The number of hydrogen-bond donors (Lipinski definition) is 3. The molecule has 1 aromatic heterocycles. The normalized spacial score (nSPS) is 11.7. The molecule has 6 nitrogen and oxygen atoms in total. The van der Waals surface area contributed by atoms with Crippen molar-refractivity contribution in [3.05, 3.63) is 40.7 Å². The summed E-state index contributed by atoms with van der Waals surface area (Å²) < 4.78 is 54.2. The van der Waals surface area contributed by atoms with Gasteiger partial charge in [0.05, 0.1) is 17.1 Å². The molecule has 0 bridgehead atoms. The van der Waals surface area contributed by atoms with Gasteiger partial charge in [-0.05, 0) is 26.0 Å². The molecule has 0 aliphatic rings. The lowest BCUT2D eigenvalue weighted by Gasteiger charge is -2.11. The molecule has 114 valence electrons. The van der Waals surface area contributed by atoms with E-state index in [0.717, 1.165) is 12.1 Å².